The minimum Gasteiger partial charge on any atom is -0.488 e. The summed E-state index contributed by atoms with van der Waals surface area (Å²) in [5, 5.41) is 0.609. The summed E-state index contributed by atoms with van der Waals surface area (Å²) in [6.45, 7) is 0.380. The van der Waals surface area contributed by atoms with Crippen molar-refractivity contribution in [2.75, 3.05) is 6.79 Å². The van der Waals surface area contributed by atoms with Crippen molar-refractivity contribution < 1.29 is 23.8 Å². The highest BCUT2D eigenvalue weighted by molar-refractivity contribution is 9.10. The summed E-state index contributed by atoms with van der Waals surface area (Å²) in [5.41, 5.74) is 2.08. The summed E-state index contributed by atoms with van der Waals surface area (Å²) in [4.78, 5) is 27.3. The van der Waals surface area contributed by atoms with Gasteiger partial charge in [-0.2, -0.15) is 0 Å². The molecule has 0 saturated carbocycles. The van der Waals surface area contributed by atoms with Gasteiger partial charge in [0.25, 0.3) is 11.1 Å². The lowest BCUT2D eigenvalue weighted by Gasteiger charge is -2.14. The standard InChI is InChI=1S/C25H16BrCl2NO5S/c26-17-5-6-20(32-12-14-3-1-2-4-18(14)27)15(7-17)9-23-24(30)29(25(31)35-23)11-16-8-21-22(10-19(16)28)34-13-33-21/h1-10H,11-13H2/b23-9-. The summed E-state index contributed by atoms with van der Waals surface area (Å²) in [6, 6.07) is 16.2. The van der Waals surface area contributed by atoms with Crippen LogP contribution in [-0.4, -0.2) is 22.8 Å². The van der Waals surface area contributed by atoms with Gasteiger partial charge in [-0.25, -0.2) is 0 Å². The molecule has 1 fully saturated rings. The first kappa shape index (κ1) is 24.1. The zero-order valence-electron chi connectivity index (χ0n) is 17.9. The number of imide groups is 1. The molecule has 2 amide bonds. The lowest BCUT2D eigenvalue weighted by Crippen LogP contribution is -2.27. The Morgan fingerprint density at radius 3 is 2.57 bits per heavy atom. The van der Waals surface area contributed by atoms with Gasteiger partial charge in [-0.1, -0.05) is 57.3 Å². The number of hydrogen-bond acceptors (Lipinski definition) is 6. The number of hydrogen-bond donors (Lipinski definition) is 0. The number of ether oxygens (including phenoxy) is 3. The van der Waals surface area contributed by atoms with E-state index in [4.69, 9.17) is 37.4 Å². The second kappa shape index (κ2) is 10.1. The highest BCUT2D eigenvalue weighted by Crippen LogP contribution is 2.40. The molecule has 2 heterocycles. The molecular weight excluding hydrogens is 577 g/mol. The smallest absolute Gasteiger partial charge is 0.293 e. The topological polar surface area (TPSA) is 65.1 Å². The molecule has 0 radical (unpaired) electrons. The van der Waals surface area contributed by atoms with Gasteiger partial charge in [-0.3, -0.25) is 14.5 Å². The summed E-state index contributed by atoms with van der Waals surface area (Å²) in [5.74, 6) is 1.21. The molecular formula is C25H16BrCl2NO5S. The van der Waals surface area contributed by atoms with Crippen LogP contribution in [-0.2, 0) is 17.9 Å². The van der Waals surface area contributed by atoms with Crippen LogP contribution in [0.15, 0.2) is 64.0 Å². The number of fused-ring (bicyclic) bond motifs is 1. The average Bonchev–Trinajstić information content (AvgIpc) is 3.38. The number of thioether (sulfide) groups is 1. The molecule has 35 heavy (non-hydrogen) atoms. The van der Waals surface area contributed by atoms with Gasteiger partial charge < -0.3 is 14.2 Å². The van der Waals surface area contributed by atoms with Crippen molar-refractivity contribution in [2.45, 2.75) is 13.2 Å². The van der Waals surface area contributed by atoms with Crippen molar-refractivity contribution in [3.8, 4) is 17.2 Å². The normalized spacial score (nSPS) is 15.9. The third-order valence-corrected chi connectivity index (χ3v) is 7.46. The van der Waals surface area contributed by atoms with Gasteiger partial charge in [0.05, 0.1) is 11.4 Å². The van der Waals surface area contributed by atoms with E-state index in [1.807, 2.05) is 30.3 Å². The largest absolute Gasteiger partial charge is 0.488 e. The molecule has 0 aliphatic carbocycles. The molecule has 2 aliphatic heterocycles. The summed E-state index contributed by atoms with van der Waals surface area (Å²) in [6.07, 6.45) is 1.65. The molecule has 0 N–H and O–H groups in total. The average molecular weight is 593 g/mol. The Morgan fingerprint density at radius 1 is 1.00 bits per heavy atom. The van der Waals surface area contributed by atoms with E-state index in [-0.39, 0.29) is 30.1 Å². The molecule has 3 aromatic rings. The Kier molecular flexibility index (Phi) is 6.98. The van der Waals surface area contributed by atoms with Crippen LogP contribution in [0.25, 0.3) is 6.08 Å². The van der Waals surface area contributed by atoms with E-state index in [1.165, 1.54) is 0 Å². The van der Waals surface area contributed by atoms with E-state index < -0.39 is 5.91 Å². The van der Waals surface area contributed by atoms with E-state index in [9.17, 15) is 9.59 Å². The highest BCUT2D eigenvalue weighted by Gasteiger charge is 2.36. The second-order valence-corrected chi connectivity index (χ2v) is 10.4. The van der Waals surface area contributed by atoms with Gasteiger partial charge in [-0.15, -0.1) is 0 Å². The Labute approximate surface area is 223 Å². The van der Waals surface area contributed by atoms with E-state index >= 15 is 0 Å². The predicted molar refractivity (Wildman–Crippen MR) is 139 cm³/mol. The molecule has 1 saturated heterocycles. The highest BCUT2D eigenvalue weighted by atomic mass is 79.9. The quantitative estimate of drug-likeness (QED) is 0.280. The van der Waals surface area contributed by atoms with Crippen LogP contribution in [0.3, 0.4) is 0 Å². The molecule has 3 aromatic carbocycles. The fourth-order valence-electron chi connectivity index (χ4n) is 3.56. The summed E-state index contributed by atoms with van der Waals surface area (Å²) in [7, 11) is 0. The van der Waals surface area contributed by atoms with Crippen LogP contribution >= 0.6 is 50.9 Å². The summed E-state index contributed by atoms with van der Waals surface area (Å²) >= 11 is 16.9. The molecule has 0 unspecified atom stereocenters. The van der Waals surface area contributed by atoms with Crippen molar-refractivity contribution in [3.05, 3.63) is 90.7 Å². The number of rotatable bonds is 6. The van der Waals surface area contributed by atoms with Crippen LogP contribution in [0.5, 0.6) is 17.2 Å². The van der Waals surface area contributed by atoms with Crippen molar-refractivity contribution in [1.82, 2.24) is 4.90 Å². The third kappa shape index (κ3) is 5.16. The number of benzene rings is 3. The maximum atomic E-state index is 13.1. The molecule has 0 spiro atoms. The monoisotopic (exact) mass is 591 g/mol. The van der Waals surface area contributed by atoms with E-state index in [2.05, 4.69) is 15.9 Å². The lowest BCUT2D eigenvalue weighted by atomic mass is 10.1. The third-order valence-electron chi connectivity index (χ3n) is 5.34. The number of nitrogens with zero attached hydrogens (tertiary/aromatic N) is 1. The van der Waals surface area contributed by atoms with Crippen LogP contribution in [0.1, 0.15) is 16.7 Å². The fraction of sp³-hybridized carbons (Fsp3) is 0.120. The van der Waals surface area contributed by atoms with Crippen molar-refractivity contribution in [1.29, 1.82) is 0 Å². The number of carbonyl (C=O) groups excluding carboxylic acids is 2. The Balaban J connectivity index is 1.37. The number of halogens is 3. The van der Waals surface area contributed by atoms with Crippen molar-refractivity contribution >= 4 is 68.1 Å². The van der Waals surface area contributed by atoms with Gasteiger partial charge in [0.15, 0.2) is 11.5 Å². The lowest BCUT2D eigenvalue weighted by molar-refractivity contribution is -0.123. The van der Waals surface area contributed by atoms with E-state index in [0.29, 0.717) is 38.4 Å². The first-order valence-electron chi connectivity index (χ1n) is 10.4. The minimum absolute atomic E-state index is 0.0197. The molecule has 178 valence electrons. The Hall–Kier alpha value is -2.65. The van der Waals surface area contributed by atoms with Gasteiger partial charge in [0.2, 0.25) is 6.79 Å². The Morgan fingerprint density at radius 2 is 1.77 bits per heavy atom. The zero-order chi connectivity index (χ0) is 24.5. The minimum atomic E-state index is -0.411. The molecule has 0 aromatic heterocycles. The maximum absolute atomic E-state index is 13.1. The second-order valence-electron chi connectivity index (χ2n) is 7.63. The molecule has 2 aliphatic rings. The van der Waals surface area contributed by atoms with Crippen LogP contribution in [0.2, 0.25) is 10.0 Å². The fourth-order valence-corrected chi connectivity index (χ4v) is 5.17. The van der Waals surface area contributed by atoms with Crippen molar-refractivity contribution in [2.24, 2.45) is 0 Å². The van der Waals surface area contributed by atoms with Crippen LogP contribution in [0, 0.1) is 0 Å². The number of carbonyl (C=O) groups is 2. The van der Waals surface area contributed by atoms with Gasteiger partial charge in [0, 0.05) is 31.7 Å². The SMILES string of the molecule is O=C1S/C(=C\c2cc(Br)ccc2OCc2ccccc2Cl)C(=O)N1Cc1cc2c(cc1Cl)OCO2. The zero-order valence-corrected chi connectivity index (χ0v) is 21.8. The first-order valence-corrected chi connectivity index (χ1v) is 12.7. The maximum Gasteiger partial charge on any atom is 0.293 e. The van der Waals surface area contributed by atoms with Crippen molar-refractivity contribution in [3.63, 3.8) is 0 Å². The summed E-state index contributed by atoms with van der Waals surface area (Å²) < 4.78 is 17.5. The number of amides is 2. The van der Waals surface area contributed by atoms with Gasteiger partial charge >= 0.3 is 0 Å². The molecule has 10 heteroatoms. The molecule has 0 atom stereocenters. The van der Waals surface area contributed by atoms with Crippen LogP contribution in [0.4, 0.5) is 4.79 Å². The predicted octanol–water partition coefficient (Wildman–Crippen LogP) is 7.30. The van der Waals surface area contributed by atoms with Crippen LogP contribution < -0.4 is 14.2 Å². The van der Waals surface area contributed by atoms with Gasteiger partial charge in [0.1, 0.15) is 12.4 Å². The van der Waals surface area contributed by atoms with Gasteiger partial charge in [-0.05, 0) is 53.7 Å². The Bertz CT molecular complexity index is 1380. The first-order chi connectivity index (χ1) is 16.9. The molecule has 0 bridgehead atoms. The van der Waals surface area contributed by atoms with E-state index in [0.717, 1.165) is 26.7 Å². The van der Waals surface area contributed by atoms with E-state index in [1.54, 1.807) is 30.3 Å². The molecule has 5 rings (SSSR count). The molecule has 6 nitrogen and oxygen atoms in total.